The quantitative estimate of drug-likeness (QED) is 0.579. The van der Waals surface area contributed by atoms with Crippen LogP contribution in [0.1, 0.15) is 58.3 Å². The Morgan fingerprint density at radius 2 is 1.80 bits per heavy atom. The number of likely N-dealkylation sites (tertiary alicyclic amines) is 1. The summed E-state index contributed by atoms with van der Waals surface area (Å²) < 4.78 is 60.3. The average Bonchev–Trinajstić information content (AvgIpc) is 3.36. The maximum absolute atomic E-state index is 15.5. The molecule has 1 aliphatic carbocycles. The summed E-state index contributed by atoms with van der Waals surface area (Å²) in [6.45, 7) is 4.00. The van der Waals surface area contributed by atoms with Crippen molar-refractivity contribution in [2.45, 2.75) is 101 Å². The van der Waals surface area contributed by atoms with Crippen molar-refractivity contribution in [3.63, 3.8) is 0 Å². The summed E-state index contributed by atoms with van der Waals surface area (Å²) >= 11 is 0. The Bertz CT molecular complexity index is 558. The lowest BCUT2D eigenvalue weighted by atomic mass is 9.77. The van der Waals surface area contributed by atoms with Crippen molar-refractivity contribution in [1.82, 2.24) is 20.9 Å². The van der Waals surface area contributed by atoms with E-state index in [1.807, 2.05) is 0 Å². The predicted molar refractivity (Wildman–Crippen MR) is 106 cm³/mol. The summed E-state index contributed by atoms with van der Waals surface area (Å²) in [5.41, 5.74) is 0. The van der Waals surface area contributed by atoms with Gasteiger partial charge in [0.15, 0.2) is 6.17 Å². The standard InChI is InChI=1S/C21H36F4N4O/c1-13-4-9-16(30-13)11-26-19-18(22)20(28-12-27-19)29-10-2-3-17(29)14-5-7-15(8-6-14)21(23,24)25/h13-20,26-28H,2-12H2,1H3. The molecule has 0 aromatic carbocycles. The van der Waals surface area contributed by atoms with Gasteiger partial charge >= 0.3 is 6.18 Å². The van der Waals surface area contributed by atoms with Gasteiger partial charge in [-0.05, 0) is 64.2 Å². The van der Waals surface area contributed by atoms with Crippen LogP contribution in [0.4, 0.5) is 17.6 Å². The number of hydrogen-bond donors (Lipinski definition) is 3. The van der Waals surface area contributed by atoms with Gasteiger partial charge < -0.3 is 4.74 Å². The van der Waals surface area contributed by atoms with E-state index in [4.69, 9.17) is 4.74 Å². The van der Waals surface area contributed by atoms with Crippen molar-refractivity contribution >= 4 is 0 Å². The fourth-order valence-electron chi connectivity index (χ4n) is 5.96. The maximum Gasteiger partial charge on any atom is 0.391 e. The van der Waals surface area contributed by atoms with Crippen LogP contribution in [0.3, 0.4) is 0 Å². The van der Waals surface area contributed by atoms with Crippen LogP contribution in [0.5, 0.6) is 0 Å². The molecule has 30 heavy (non-hydrogen) atoms. The summed E-state index contributed by atoms with van der Waals surface area (Å²) in [7, 11) is 0. The second-order valence-electron chi connectivity index (χ2n) is 9.61. The van der Waals surface area contributed by atoms with Crippen LogP contribution in [-0.4, -0.2) is 67.6 Å². The van der Waals surface area contributed by atoms with E-state index in [1.165, 1.54) is 0 Å². The molecule has 3 aliphatic heterocycles. The van der Waals surface area contributed by atoms with Crippen molar-refractivity contribution in [2.24, 2.45) is 11.8 Å². The predicted octanol–water partition coefficient (Wildman–Crippen LogP) is 3.12. The third-order valence-corrected chi connectivity index (χ3v) is 7.62. The molecule has 5 nitrogen and oxygen atoms in total. The fraction of sp³-hybridized carbons (Fsp3) is 1.00. The van der Waals surface area contributed by atoms with Crippen LogP contribution >= 0.6 is 0 Å². The molecule has 0 amide bonds. The highest BCUT2D eigenvalue weighted by Crippen LogP contribution is 2.43. The average molecular weight is 437 g/mol. The molecule has 0 radical (unpaired) electrons. The topological polar surface area (TPSA) is 48.6 Å². The zero-order valence-corrected chi connectivity index (χ0v) is 17.8. The lowest BCUT2D eigenvalue weighted by Gasteiger charge is -2.45. The smallest absolute Gasteiger partial charge is 0.374 e. The molecule has 6 unspecified atom stereocenters. The summed E-state index contributed by atoms with van der Waals surface area (Å²) in [4.78, 5) is 2.20. The largest absolute Gasteiger partial charge is 0.391 e. The van der Waals surface area contributed by atoms with Gasteiger partial charge in [-0.1, -0.05) is 0 Å². The summed E-state index contributed by atoms with van der Waals surface area (Å²) in [5, 5.41) is 9.74. The molecular weight excluding hydrogens is 400 g/mol. The van der Waals surface area contributed by atoms with Crippen molar-refractivity contribution < 1.29 is 22.3 Å². The Labute approximate surface area is 176 Å². The lowest BCUT2D eigenvalue weighted by Crippen LogP contribution is -2.69. The fourth-order valence-corrected chi connectivity index (χ4v) is 5.96. The van der Waals surface area contributed by atoms with Gasteiger partial charge in [0.1, 0.15) is 0 Å². The summed E-state index contributed by atoms with van der Waals surface area (Å²) in [6.07, 6.45) is -0.104. The molecule has 174 valence electrons. The Morgan fingerprint density at radius 3 is 2.47 bits per heavy atom. The molecule has 1 saturated carbocycles. The van der Waals surface area contributed by atoms with Gasteiger partial charge in [0.05, 0.1) is 30.5 Å². The van der Waals surface area contributed by atoms with E-state index < -0.39 is 30.6 Å². The molecule has 9 heteroatoms. The van der Waals surface area contributed by atoms with Crippen LogP contribution in [0, 0.1) is 11.8 Å². The van der Waals surface area contributed by atoms with Gasteiger partial charge in [0.2, 0.25) is 0 Å². The highest BCUT2D eigenvalue weighted by atomic mass is 19.4. The molecule has 0 spiro atoms. The van der Waals surface area contributed by atoms with Crippen LogP contribution < -0.4 is 16.0 Å². The molecule has 3 N–H and O–H groups in total. The van der Waals surface area contributed by atoms with E-state index in [2.05, 4.69) is 27.8 Å². The van der Waals surface area contributed by atoms with Crippen molar-refractivity contribution in [3.8, 4) is 0 Å². The van der Waals surface area contributed by atoms with Crippen LogP contribution in [0.15, 0.2) is 0 Å². The number of nitrogens with one attached hydrogen (secondary N) is 3. The van der Waals surface area contributed by atoms with E-state index in [9.17, 15) is 13.2 Å². The number of halogens is 4. The second-order valence-corrected chi connectivity index (χ2v) is 9.61. The minimum Gasteiger partial charge on any atom is -0.374 e. The number of nitrogens with zero attached hydrogens (tertiary/aromatic N) is 1. The SMILES string of the molecule is CC1CCC(CNC2NCNC(N3CCCC3C3CCC(C(F)(F)F)CC3)C2F)O1. The highest BCUT2D eigenvalue weighted by molar-refractivity contribution is 4.97. The Balaban J connectivity index is 1.32. The Morgan fingerprint density at radius 1 is 1.03 bits per heavy atom. The first-order valence-corrected chi connectivity index (χ1v) is 11.6. The Kier molecular flexibility index (Phi) is 7.24. The van der Waals surface area contributed by atoms with Crippen LogP contribution in [0.25, 0.3) is 0 Å². The van der Waals surface area contributed by atoms with Gasteiger partial charge in [-0.15, -0.1) is 0 Å². The zero-order chi connectivity index (χ0) is 21.3. The highest BCUT2D eigenvalue weighted by Gasteiger charge is 2.46. The van der Waals surface area contributed by atoms with Gasteiger partial charge in [-0.3, -0.25) is 20.9 Å². The first-order chi connectivity index (χ1) is 14.3. The van der Waals surface area contributed by atoms with Gasteiger partial charge in [-0.2, -0.15) is 13.2 Å². The minimum absolute atomic E-state index is 0.130. The second kappa shape index (κ2) is 9.57. The molecule has 4 fully saturated rings. The summed E-state index contributed by atoms with van der Waals surface area (Å²) in [6, 6.07) is 0.174. The van der Waals surface area contributed by atoms with E-state index in [-0.39, 0.29) is 37.0 Å². The molecule has 4 aliphatic rings. The molecule has 0 aromatic rings. The third kappa shape index (κ3) is 5.11. The molecule has 6 atom stereocenters. The van der Waals surface area contributed by atoms with E-state index >= 15 is 4.39 Å². The van der Waals surface area contributed by atoms with Gasteiger partial charge in [0.25, 0.3) is 0 Å². The lowest BCUT2D eigenvalue weighted by molar-refractivity contribution is -0.185. The number of alkyl halides is 4. The van der Waals surface area contributed by atoms with E-state index in [0.717, 1.165) is 32.2 Å². The number of hydrogen-bond acceptors (Lipinski definition) is 5. The van der Waals surface area contributed by atoms with E-state index in [0.29, 0.717) is 26.1 Å². The first-order valence-electron chi connectivity index (χ1n) is 11.6. The van der Waals surface area contributed by atoms with Gasteiger partial charge in [0, 0.05) is 25.8 Å². The molecule has 0 aromatic heterocycles. The Hall–Kier alpha value is -0.480. The van der Waals surface area contributed by atoms with Crippen molar-refractivity contribution in [1.29, 1.82) is 0 Å². The molecule has 0 bridgehead atoms. The van der Waals surface area contributed by atoms with Crippen molar-refractivity contribution in [3.05, 3.63) is 0 Å². The van der Waals surface area contributed by atoms with Crippen LogP contribution in [-0.2, 0) is 4.74 Å². The van der Waals surface area contributed by atoms with Gasteiger partial charge in [-0.25, -0.2) is 4.39 Å². The monoisotopic (exact) mass is 436 g/mol. The summed E-state index contributed by atoms with van der Waals surface area (Å²) in [5.74, 6) is -0.932. The molecular formula is C21H36F4N4O. The minimum atomic E-state index is -4.08. The van der Waals surface area contributed by atoms with E-state index in [1.54, 1.807) is 0 Å². The molecule has 3 saturated heterocycles. The van der Waals surface area contributed by atoms with Crippen molar-refractivity contribution in [2.75, 3.05) is 19.8 Å². The first kappa shape index (κ1) is 22.7. The number of ether oxygens (including phenoxy) is 1. The normalized spacial score (nSPS) is 43.9. The maximum atomic E-state index is 15.5. The zero-order valence-electron chi connectivity index (χ0n) is 17.8. The number of rotatable bonds is 5. The molecule has 4 rings (SSSR count). The molecule has 3 heterocycles. The third-order valence-electron chi connectivity index (χ3n) is 7.62. The van der Waals surface area contributed by atoms with Crippen LogP contribution in [0.2, 0.25) is 0 Å².